The Labute approximate surface area is 346 Å². The van der Waals surface area contributed by atoms with Crippen molar-refractivity contribution < 1.29 is 17.0 Å². The first-order valence-electron chi connectivity index (χ1n) is 20.3. The van der Waals surface area contributed by atoms with Gasteiger partial charge in [-0.2, -0.15) is 6.42 Å². The van der Waals surface area contributed by atoms with Gasteiger partial charge in [0.2, 0.25) is 0 Å². The predicted octanol–water partition coefficient (Wildman–Crippen LogP) is 12.5. The first kappa shape index (κ1) is 49.8. The summed E-state index contributed by atoms with van der Waals surface area (Å²) in [6.07, 6.45) is 38.5. The van der Waals surface area contributed by atoms with E-state index in [1.165, 1.54) is 164 Å². The summed E-state index contributed by atoms with van der Waals surface area (Å²) in [7, 11) is 0. The van der Waals surface area contributed by atoms with Crippen molar-refractivity contribution in [3.8, 4) is 0 Å². The van der Waals surface area contributed by atoms with Gasteiger partial charge in [-0.1, -0.05) is 215 Å². The maximum absolute atomic E-state index is 5.85. The van der Waals surface area contributed by atoms with Crippen molar-refractivity contribution in [3.05, 3.63) is 90.8 Å². The van der Waals surface area contributed by atoms with E-state index in [2.05, 4.69) is 61.1 Å². The number of hydrogen-bond acceptors (Lipinski definition) is 2. The molecule has 0 aliphatic carbocycles. The average molecular weight is 791 g/mol. The molecule has 4 aromatic rings. The van der Waals surface area contributed by atoms with E-state index in [1.54, 1.807) is 6.20 Å². The molecule has 0 fully saturated rings. The summed E-state index contributed by atoms with van der Waals surface area (Å²) < 4.78 is 0. The van der Waals surface area contributed by atoms with Gasteiger partial charge in [-0.05, 0) is 35.7 Å². The van der Waals surface area contributed by atoms with Crippen LogP contribution in [0.4, 0.5) is 0 Å². The second-order valence-electron chi connectivity index (χ2n) is 13.8. The Morgan fingerprint density at radius 2 is 0.843 bits per heavy atom. The molecule has 0 aliphatic rings. The van der Waals surface area contributed by atoms with Gasteiger partial charge in [-0.3, -0.25) is 4.98 Å². The monoisotopic (exact) mass is 788 g/mol. The molecular formula is C46H70BrClMgN2. The summed E-state index contributed by atoms with van der Waals surface area (Å²) in [5.41, 5.74) is 1.28. The van der Waals surface area contributed by atoms with Gasteiger partial charge >= 0.3 is 23.1 Å². The van der Waals surface area contributed by atoms with E-state index in [0.29, 0.717) is 5.15 Å². The summed E-state index contributed by atoms with van der Waals surface area (Å²) >= 11 is 5.85. The van der Waals surface area contributed by atoms with Crippen LogP contribution in [-0.2, 0) is 6.42 Å². The molecular weight excluding hydrogens is 720 g/mol. The summed E-state index contributed by atoms with van der Waals surface area (Å²) in [5, 5.41) is 5.37. The predicted molar refractivity (Wildman–Crippen MR) is 225 cm³/mol. The molecule has 2 nitrogen and oxygen atoms in total. The zero-order valence-corrected chi connectivity index (χ0v) is 36.4. The van der Waals surface area contributed by atoms with Crippen LogP contribution in [0, 0.1) is 6.92 Å². The SMILES string of the molecule is CCCCCCCCCCCCCCc1nccc2ccccc12.Clc1nccc2ccccc12.[Br-].[CH2-]CCCCCCCCCCCCC.[Mg+2]. The molecule has 0 saturated carbocycles. The van der Waals surface area contributed by atoms with E-state index in [0.717, 1.165) is 23.6 Å². The molecule has 5 heteroatoms. The average Bonchev–Trinajstić information content (AvgIpc) is 3.14. The summed E-state index contributed by atoms with van der Waals surface area (Å²) in [6, 6.07) is 20.6. The van der Waals surface area contributed by atoms with Crippen molar-refractivity contribution in [1.29, 1.82) is 0 Å². The van der Waals surface area contributed by atoms with Crippen LogP contribution in [0.15, 0.2) is 73.1 Å². The molecule has 0 atom stereocenters. The summed E-state index contributed by atoms with van der Waals surface area (Å²) in [4.78, 5) is 8.57. The summed E-state index contributed by atoms with van der Waals surface area (Å²) in [6.45, 7) is 8.43. The van der Waals surface area contributed by atoms with Gasteiger partial charge in [0.15, 0.2) is 0 Å². The summed E-state index contributed by atoms with van der Waals surface area (Å²) in [5.74, 6) is 0. The van der Waals surface area contributed by atoms with Crippen LogP contribution in [0.3, 0.4) is 0 Å². The van der Waals surface area contributed by atoms with Gasteiger partial charge in [0, 0.05) is 28.9 Å². The van der Waals surface area contributed by atoms with Gasteiger partial charge in [-0.25, -0.2) is 4.98 Å². The van der Waals surface area contributed by atoms with Crippen molar-refractivity contribution in [3.63, 3.8) is 0 Å². The van der Waals surface area contributed by atoms with Crippen LogP contribution in [0.2, 0.25) is 5.15 Å². The minimum Gasteiger partial charge on any atom is -1.00 e. The molecule has 2 heterocycles. The Bertz CT molecular complexity index is 1310. The van der Waals surface area contributed by atoms with Gasteiger partial charge in [-0.15, -0.1) is 0 Å². The largest absolute Gasteiger partial charge is 2.00 e. The number of aromatic nitrogens is 2. The molecule has 0 aliphatic heterocycles. The number of aryl methyl sites for hydroxylation is 1. The maximum atomic E-state index is 5.85. The normalized spacial score (nSPS) is 10.4. The van der Waals surface area contributed by atoms with Gasteiger partial charge in [0.05, 0.1) is 0 Å². The zero-order valence-electron chi connectivity index (χ0n) is 32.7. The fourth-order valence-corrected chi connectivity index (χ4v) is 6.67. The number of halogens is 2. The van der Waals surface area contributed by atoms with E-state index >= 15 is 0 Å². The molecule has 0 spiro atoms. The van der Waals surface area contributed by atoms with E-state index in [9.17, 15) is 0 Å². The molecule has 0 radical (unpaired) electrons. The molecule has 51 heavy (non-hydrogen) atoms. The van der Waals surface area contributed by atoms with Gasteiger partial charge < -0.3 is 23.9 Å². The molecule has 0 unspecified atom stereocenters. The molecule has 0 N–H and O–H groups in total. The number of nitrogens with zero attached hydrogens (tertiary/aromatic N) is 2. The number of fused-ring (bicyclic) bond motifs is 2. The number of hydrogen-bond donors (Lipinski definition) is 0. The van der Waals surface area contributed by atoms with Crippen LogP contribution >= 0.6 is 11.6 Å². The van der Waals surface area contributed by atoms with Crippen molar-refractivity contribution in [2.45, 2.75) is 174 Å². The van der Waals surface area contributed by atoms with E-state index in [1.807, 2.05) is 36.5 Å². The van der Waals surface area contributed by atoms with Crippen molar-refractivity contribution >= 4 is 56.2 Å². The van der Waals surface area contributed by atoms with Crippen LogP contribution in [-0.4, -0.2) is 33.0 Å². The first-order chi connectivity index (χ1) is 24.2. The van der Waals surface area contributed by atoms with E-state index in [-0.39, 0.29) is 40.0 Å². The van der Waals surface area contributed by atoms with Crippen LogP contribution in [0.1, 0.15) is 174 Å². The molecule has 4 rings (SSSR count). The van der Waals surface area contributed by atoms with Crippen LogP contribution < -0.4 is 17.0 Å². The maximum Gasteiger partial charge on any atom is 2.00 e. The minimum atomic E-state index is 0. The Balaban J connectivity index is 0.000000789. The van der Waals surface area contributed by atoms with Crippen LogP contribution in [0.25, 0.3) is 21.5 Å². The standard InChI is InChI=1S/C23H35N.C14H29.C9H6ClN.BrH.Mg/c1-2-3-4-5-6-7-8-9-10-11-12-13-18-23-22-17-15-14-16-21(22)19-20-24-23;1-3-5-7-9-11-13-14-12-10-8-6-4-2;10-9-8-4-2-1-3-7(8)5-6-11-9;;/h14-17,19-20H,2-13,18H2,1H3;1,3-14H2,2H3;1-6H;1H;/q;-1;;;+2/p-1. The second kappa shape index (κ2) is 35.8. The number of benzene rings is 2. The third kappa shape index (κ3) is 24.7. The Hall–Kier alpha value is -1.20. The topological polar surface area (TPSA) is 25.8 Å². The Morgan fingerprint density at radius 3 is 1.29 bits per heavy atom. The molecule has 0 saturated heterocycles. The number of pyridine rings is 2. The van der Waals surface area contributed by atoms with Gasteiger partial charge in [0.25, 0.3) is 0 Å². The van der Waals surface area contributed by atoms with Crippen molar-refractivity contribution in [1.82, 2.24) is 9.97 Å². The van der Waals surface area contributed by atoms with E-state index < -0.39 is 0 Å². The fraction of sp³-hybridized carbons (Fsp3) is 0.587. The van der Waals surface area contributed by atoms with Gasteiger partial charge in [0.1, 0.15) is 5.15 Å². The smallest absolute Gasteiger partial charge is 1.00 e. The Morgan fingerprint density at radius 1 is 0.471 bits per heavy atom. The number of rotatable bonds is 24. The fourth-order valence-electron chi connectivity index (χ4n) is 6.44. The molecule has 280 valence electrons. The van der Waals surface area contributed by atoms with Crippen molar-refractivity contribution in [2.75, 3.05) is 0 Å². The van der Waals surface area contributed by atoms with Crippen molar-refractivity contribution in [2.24, 2.45) is 0 Å². The third-order valence-corrected chi connectivity index (χ3v) is 9.80. The molecule has 0 amide bonds. The van der Waals surface area contributed by atoms with E-state index in [4.69, 9.17) is 11.6 Å². The van der Waals surface area contributed by atoms with Crippen LogP contribution in [0.5, 0.6) is 0 Å². The quantitative estimate of drug-likeness (QED) is 0.0306. The molecule has 0 bridgehead atoms. The molecule has 2 aromatic heterocycles. The molecule has 2 aromatic carbocycles. The third-order valence-electron chi connectivity index (χ3n) is 9.50. The first-order valence-corrected chi connectivity index (χ1v) is 20.7. The minimum absolute atomic E-state index is 0. The second-order valence-corrected chi connectivity index (χ2v) is 14.2. The number of unbranched alkanes of at least 4 members (excludes halogenated alkanes) is 22. The Kier molecular flexibility index (Phi) is 35.0. The zero-order chi connectivity index (χ0) is 35.0.